The molecule has 0 atom stereocenters. The van der Waals surface area contributed by atoms with Crippen LogP contribution in [0.25, 0.3) is 0 Å². The summed E-state index contributed by atoms with van der Waals surface area (Å²) < 4.78 is 0. The number of nitrogens with one attached hydrogen (secondary N) is 2. The molecule has 1 amide bonds. The molecule has 4 heteroatoms. The highest BCUT2D eigenvalue weighted by atomic mass is 16.2. The van der Waals surface area contributed by atoms with E-state index in [1.807, 2.05) is 0 Å². The predicted octanol–water partition coefficient (Wildman–Crippen LogP) is -0.421. The summed E-state index contributed by atoms with van der Waals surface area (Å²) in [6.07, 6.45) is 1.05. The highest BCUT2D eigenvalue weighted by Crippen LogP contribution is 1.70. The van der Waals surface area contributed by atoms with E-state index in [0.717, 1.165) is 13.0 Å². The van der Waals surface area contributed by atoms with Crippen LogP contribution in [-0.4, -0.2) is 38.1 Å². The van der Waals surface area contributed by atoms with Crippen LogP contribution in [0.2, 0.25) is 0 Å². The van der Waals surface area contributed by atoms with Crippen LogP contribution in [0.3, 0.4) is 0 Å². The van der Waals surface area contributed by atoms with Crippen LogP contribution in [0.15, 0.2) is 0 Å². The molecule has 4 nitrogen and oxygen atoms in total. The Morgan fingerprint density at radius 3 is 2.55 bits per heavy atom. The van der Waals surface area contributed by atoms with E-state index in [9.17, 15) is 4.79 Å². The molecule has 0 aromatic heterocycles. The molecule has 0 aliphatic rings. The van der Waals surface area contributed by atoms with Gasteiger partial charge in [0.1, 0.15) is 0 Å². The van der Waals surface area contributed by atoms with Crippen molar-refractivity contribution in [2.45, 2.75) is 13.3 Å². The number of hydrogen-bond acceptors (Lipinski definition) is 3. The largest absolute Gasteiger partial charge is 0.308 e. The van der Waals surface area contributed by atoms with Crippen molar-refractivity contribution in [3.05, 3.63) is 0 Å². The Hall–Kier alpha value is -0.610. The molecule has 0 aromatic carbocycles. The van der Waals surface area contributed by atoms with Crippen molar-refractivity contribution in [3.63, 3.8) is 0 Å². The molecule has 0 saturated carbocycles. The number of rotatable bonds is 5. The second kappa shape index (κ2) is 6.12. The molecular formula is C7H17N3O. The summed E-state index contributed by atoms with van der Waals surface area (Å²) in [7, 11) is 3.58. The van der Waals surface area contributed by atoms with Crippen LogP contribution in [0.1, 0.15) is 13.3 Å². The maximum absolute atomic E-state index is 10.9. The van der Waals surface area contributed by atoms with Crippen molar-refractivity contribution in [1.29, 1.82) is 0 Å². The zero-order chi connectivity index (χ0) is 8.69. The van der Waals surface area contributed by atoms with Crippen molar-refractivity contribution in [1.82, 2.24) is 15.8 Å². The lowest BCUT2D eigenvalue weighted by atomic mass is 10.5. The Balaban J connectivity index is 3.23. The van der Waals surface area contributed by atoms with Gasteiger partial charge >= 0.3 is 0 Å². The first-order chi connectivity index (χ1) is 5.16. The summed E-state index contributed by atoms with van der Waals surface area (Å²) in [6, 6.07) is 0. The summed E-state index contributed by atoms with van der Waals surface area (Å²) in [4.78, 5) is 10.9. The molecule has 0 unspecified atom stereocenters. The Morgan fingerprint density at radius 1 is 1.45 bits per heavy atom. The van der Waals surface area contributed by atoms with E-state index in [4.69, 9.17) is 0 Å². The van der Waals surface area contributed by atoms with Gasteiger partial charge in [-0.05, 0) is 13.0 Å². The summed E-state index contributed by atoms with van der Waals surface area (Å²) in [5.74, 6) is 0.00319. The van der Waals surface area contributed by atoms with E-state index in [0.29, 0.717) is 6.54 Å². The maximum Gasteiger partial charge on any atom is 0.248 e. The Labute approximate surface area is 67.9 Å². The monoisotopic (exact) mass is 159 g/mol. The quantitative estimate of drug-likeness (QED) is 0.423. The summed E-state index contributed by atoms with van der Waals surface area (Å²) in [5.41, 5.74) is 2.63. The lowest BCUT2D eigenvalue weighted by Crippen LogP contribution is -2.41. The number of carbonyl (C=O) groups excluding carboxylic acids is 1. The lowest BCUT2D eigenvalue weighted by molar-refractivity contribution is -0.123. The minimum Gasteiger partial charge on any atom is -0.308 e. The van der Waals surface area contributed by atoms with Gasteiger partial charge in [-0.2, -0.15) is 0 Å². The predicted molar refractivity (Wildman–Crippen MR) is 45.0 cm³/mol. The molecule has 0 fully saturated rings. The molecule has 0 aromatic rings. The van der Waals surface area contributed by atoms with Gasteiger partial charge in [0.2, 0.25) is 5.91 Å². The molecule has 2 N–H and O–H groups in total. The van der Waals surface area contributed by atoms with E-state index in [2.05, 4.69) is 17.7 Å². The fraction of sp³-hybridized carbons (Fsp3) is 0.857. The molecule has 0 saturated heterocycles. The fourth-order valence-electron chi connectivity index (χ4n) is 0.668. The third-order valence-electron chi connectivity index (χ3n) is 1.06. The first-order valence-corrected chi connectivity index (χ1v) is 3.84. The Kier molecular flexibility index (Phi) is 5.78. The van der Waals surface area contributed by atoms with Gasteiger partial charge in [0.25, 0.3) is 0 Å². The highest BCUT2D eigenvalue weighted by molar-refractivity contribution is 5.77. The summed E-state index contributed by atoms with van der Waals surface area (Å²) >= 11 is 0. The van der Waals surface area contributed by atoms with Crippen LogP contribution in [-0.2, 0) is 4.79 Å². The zero-order valence-corrected chi connectivity index (χ0v) is 7.48. The zero-order valence-electron chi connectivity index (χ0n) is 7.48. The topological polar surface area (TPSA) is 44.4 Å². The number of nitrogens with zero attached hydrogens (tertiary/aromatic N) is 1. The minimum absolute atomic E-state index is 0.00319. The van der Waals surface area contributed by atoms with Crippen molar-refractivity contribution in [2.75, 3.05) is 27.2 Å². The average molecular weight is 159 g/mol. The van der Waals surface area contributed by atoms with E-state index in [-0.39, 0.29) is 5.91 Å². The van der Waals surface area contributed by atoms with Crippen LogP contribution < -0.4 is 10.7 Å². The number of carbonyl (C=O) groups is 1. The van der Waals surface area contributed by atoms with E-state index in [1.54, 1.807) is 19.1 Å². The van der Waals surface area contributed by atoms with Crippen molar-refractivity contribution in [3.8, 4) is 0 Å². The van der Waals surface area contributed by atoms with Crippen molar-refractivity contribution in [2.24, 2.45) is 0 Å². The summed E-state index contributed by atoms with van der Waals surface area (Å²) in [5, 5.41) is 4.64. The molecule has 0 radical (unpaired) electrons. The van der Waals surface area contributed by atoms with Gasteiger partial charge in [-0.25, -0.2) is 5.01 Å². The Bertz CT molecular complexity index is 114. The van der Waals surface area contributed by atoms with Crippen LogP contribution >= 0.6 is 0 Å². The van der Waals surface area contributed by atoms with Crippen LogP contribution in [0.4, 0.5) is 0 Å². The third kappa shape index (κ3) is 7.29. The second-order valence-electron chi connectivity index (χ2n) is 2.61. The standard InChI is InChI=1S/C7H17N3O/c1-4-5-8-6-7(11)9-10(2)3/h8H,4-6H2,1-3H3,(H,9,11). The Morgan fingerprint density at radius 2 is 2.09 bits per heavy atom. The molecular weight excluding hydrogens is 142 g/mol. The fourth-order valence-corrected chi connectivity index (χ4v) is 0.668. The second-order valence-corrected chi connectivity index (χ2v) is 2.61. The third-order valence-corrected chi connectivity index (χ3v) is 1.06. The molecule has 66 valence electrons. The van der Waals surface area contributed by atoms with Crippen LogP contribution in [0.5, 0.6) is 0 Å². The number of amides is 1. The van der Waals surface area contributed by atoms with E-state index in [1.165, 1.54) is 0 Å². The van der Waals surface area contributed by atoms with Gasteiger partial charge in [0.05, 0.1) is 6.54 Å². The van der Waals surface area contributed by atoms with Gasteiger partial charge in [0, 0.05) is 14.1 Å². The normalized spacial score (nSPS) is 10.2. The first-order valence-electron chi connectivity index (χ1n) is 3.84. The SMILES string of the molecule is CCCNCC(=O)NN(C)C. The van der Waals surface area contributed by atoms with Gasteiger partial charge in [-0.1, -0.05) is 6.92 Å². The molecule has 0 aliphatic carbocycles. The van der Waals surface area contributed by atoms with Gasteiger partial charge in [-0.3, -0.25) is 10.2 Å². The molecule has 0 rings (SSSR count). The van der Waals surface area contributed by atoms with Crippen LogP contribution in [0, 0.1) is 0 Å². The highest BCUT2D eigenvalue weighted by Gasteiger charge is 1.98. The number of hydrogen-bond donors (Lipinski definition) is 2. The lowest BCUT2D eigenvalue weighted by Gasteiger charge is -2.11. The number of hydrazine groups is 1. The minimum atomic E-state index is 0.00319. The molecule has 0 spiro atoms. The van der Waals surface area contributed by atoms with Gasteiger partial charge < -0.3 is 5.32 Å². The maximum atomic E-state index is 10.9. The van der Waals surface area contributed by atoms with Crippen molar-refractivity contribution < 1.29 is 4.79 Å². The molecule has 0 heterocycles. The first kappa shape index (κ1) is 10.4. The molecule has 11 heavy (non-hydrogen) atoms. The summed E-state index contributed by atoms with van der Waals surface area (Å²) in [6.45, 7) is 3.35. The average Bonchev–Trinajstić information content (AvgIpc) is 1.86. The van der Waals surface area contributed by atoms with Gasteiger partial charge in [0.15, 0.2) is 0 Å². The van der Waals surface area contributed by atoms with Crippen molar-refractivity contribution >= 4 is 5.91 Å². The molecule has 0 bridgehead atoms. The van der Waals surface area contributed by atoms with E-state index >= 15 is 0 Å². The van der Waals surface area contributed by atoms with Gasteiger partial charge in [-0.15, -0.1) is 0 Å². The molecule has 0 aliphatic heterocycles. The van der Waals surface area contributed by atoms with E-state index < -0.39 is 0 Å². The smallest absolute Gasteiger partial charge is 0.248 e.